The van der Waals surface area contributed by atoms with E-state index in [4.69, 9.17) is 11.6 Å². The molecule has 0 aliphatic carbocycles. The average Bonchev–Trinajstić information content (AvgIpc) is 2.60. The Balaban J connectivity index is 2.28. The fourth-order valence-corrected chi connectivity index (χ4v) is 2.05. The molecule has 3 heteroatoms. The summed E-state index contributed by atoms with van der Waals surface area (Å²) in [6.45, 7) is 3.95. The predicted molar refractivity (Wildman–Crippen MR) is 60.4 cm³/mol. The summed E-state index contributed by atoms with van der Waals surface area (Å²) in [5.41, 5.74) is 1.54. The van der Waals surface area contributed by atoms with Gasteiger partial charge in [0.25, 0.3) is 0 Å². The molecule has 0 aromatic carbocycles. The van der Waals surface area contributed by atoms with E-state index in [1.807, 2.05) is 17.4 Å². The van der Waals surface area contributed by atoms with Crippen molar-refractivity contribution in [1.29, 1.82) is 0 Å². The van der Waals surface area contributed by atoms with Crippen LogP contribution in [0.5, 0.6) is 0 Å². The molecule has 0 radical (unpaired) electrons. The number of rotatable bonds is 5. The summed E-state index contributed by atoms with van der Waals surface area (Å²) in [7, 11) is 0. The number of hydrogen-bond acceptors (Lipinski definition) is 2. The summed E-state index contributed by atoms with van der Waals surface area (Å²) in [6.07, 6.45) is 3.03. The molecule has 0 saturated heterocycles. The zero-order valence-electron chi connectivity index (χ0n) is 7.72. The van der Waals surface area contributed by atoms with Gasteiger partial charge in [-0.05, 0) is 18.6 Å². The summed E-state index contributed by atoms with van der Waals surface area (Å²) >= 11 is 7.26. The third-order valence-corrected chi connectivity index (χ3v) is 3.12. The van der Waals surface area contributed by atoms with Gasteiger partial charge in [-0.25, -0.2) is 0 Å². The van der Waals surface area contributed by atoms with Crippen molar-refractivity contribution < 1.29 is 0 Å². The number of hydrogen-bond donors (Lipinski definition) is 1. The highest BCUT2D eigenvalue weighted by atomic mass is 35.5. The van der Waals surface area contributed by atoms with Crippen LogP contribution in [-0.4, -0.2) is 6.54 Å². The fraction of sp³-hybridized carbons (Fsp3) is 0.400. The van der Waals surface area contributed by atoms with E-state index in [0.717, 1.165) is 19.5 Å². The van der Waals surface area contributed by atoms with Crippen molar-refractivity contribution in [2.45, 2.75) is 19.9 Å². The molecule has 1 aromatic heterocycles. The second-order valence-electron chi connectivity index (χ2n) is 2.71. The first kappa shape index (κ1) is 10.8. The van der Waals surface area contributed by atoms with Gasteiger partial charge in [-0.3, -0.25) is 0 Å². The molecule has 1 nitrogen and oxygen atoms in total. The van der Waals surface area contributed by atoms with Gasteiger partial charge in [-0.2, -0.15) is 0 Å². The Kier molecular flexibility index (Phi) is 5.13. The van der Waals surface area contributed by atoms with Gasteiger partial charge in [0.2, 0.25) is 0 Å². The van der Waals surface area contributed by atoms with Crippen LogP contribution in [0.15, 0.2) is 23.7 Å². The fourth-order valence-electron chi connectivity index (χ4n) is 1.03. The van der Waals surface area contributed by atoms with Crippen LogP contribution in [0.4, 0.5) is 0 Å². The van der Waals surface area contributed by atoms with Gasteiger partial charge in [0.1, 0.15) is 0 Å². The number of halogens is 1. The molecule has 0 fully saturated rings. The smallest absolute Gasteiger partial charge is 0.0302 e. The molecule has 1 rings (SSSR count). The van der Waals surface area contributed by atoms with Gasteiger partial charge in [0, 0.05) is 28.4 Å². The standard InChI is InChI=1S/C10H14ClNS/c1-2-9-4-5-10(13-9)8-12-7-3-6-11/h3-6,12H,2,7-8H2,1H3/b6-3+. The lowest BCUT2D eigenvalue weighted by atomic mass is 10.3. The summed E-state index contributed by atoms with van der Waals surface area (Å²) in [5.74, 6) is 0. The molecule has 1 heterocycles. The van der Waals surface area contributed by atoms with Gasteiger partial charge in [0.05, 0.1) is 0 Å². The molecule has 72 valence electrons. The maximum absolute atomic E-state index is 5.39. The van der Waals surface area contributed by atoms with Crippen molar-refractivity contribution in [2.24, 2.45) is 0 Å². The Morgan fingerprint density at radius 3 is 2.85 bits per heavy atom. The summed E-state index contributed by atoms with van der Waals surface area (Å²) in [6, 6.07) is 4.37. The van der Waals surface area contributed by atoms with E-state index in [0.29, 0.717) is 0 Å². The van der Waals surface area contributed by atoms with Gasteiger partial charge in [-0.15, -0.1) is 11.3 Å². The molecule has 0 bridgehead atoms. The minimum absolute atomic E-state index is 0.836. The highest BCUT2D eigenvalue weighted by Crippen LogP contribution is 2.16. The minimum Gasteiger partial charge on any atom is -0.308 e. The lowest BCUT2D eigenvalue weighted by Crippen LogP contribution is -2.11. The Morgan fingerprint density at radius 1 is 1.46 bits per heavy atom. The molecular weight excluding hydrogens is 202 g/mol. The van der Waals surface area contributed by atoms with Crippen molar-refractivity contribution >= 4 is 22.9 Å². The molecule has 13 heavy (non-hydrogen) atoms. The summed E-state index contributed by atoms with van der Waals surface area (Å²) < 4.78 is 0. The topological polar surface area (TPSA) is 12.0 Å². The zero-order valence-corrected chi connectivity index (χ0v) is 9.29. The highest BCUT2D eigenvalue weighted by molar-refractivity contribution is 7.11. The van der Waals surface area contributed by atoms with Crippen molar-refractivity contribution in [3.05, 3.63) is 33.5 Å². The molecular formula is C10H14ClNS. The first-order valence-electron chi connectivity index (χ1n) is 4.40. The van der Waals surface area contributed by atoms with Crippen LogP contribution in [0.1, 0.15) is 16.7 Å². The first-order chi connectivity index (χ1) is 6.36. The van der Waals surface area contributed by atoms with E-state index in [1.165, 1.54) is 9.75 Å². The number of thiophene rings is 1. The Hall–Kier alpha value is -0.310. The highest BCUT2D eigenvalue weighted by Gasteiger charge is 1.96. The van der Waals surface area contributed by atoms with Crippen LogP contribution in [0.2, 0.25) is 0 Å². The lowest BCUT2D eigenvalue weighted by molar-refractivity contribution is 0.770. The quantitative estimate of drug-likeness (QED) is 0.745. The van der Waals surface area contributed by atoms with E-state index in [-0.39, 0.29) is 0 Å². The molecule has 1 N–H and O–H groups in total. The van der Waals surface area contributed by atoms with Crippen LogP contribution in [0.25, 0.3) is 0 Å². The van der Waals surface area contributed by atoms with Gasteiger partial charge < -0.3 is 5.32 Å². The molecule has 0 atom stereocenters. The Labute approximate surface area is 88.4 Å². The second-order valence-corrected chi connectivity index (χ2v) is 4.22. The third kappa shape index (κ3) is 3.94. The summed E-state index contributed by atoms with van der Waals surface area (Å²) in [5, 5.41) is 3.28. The van der Waals surface area contributed by atoms with Crippen molar-refractivity contribution in [1.82, 2.24) is 5.32 Å². The van der Waals surface area contributed by atoms with Gasteiger partial charge in [-0.1, -0.05) is 24.6 Å². The zero-order chi connectivity index (χ0) is 9.52. The largest absolute Gasteiger partial charge is 0.308 e. The SMILES string of the molecule is CCc1ccc(CNC/C=C/Cl)s1. The van der Waals surface area contributed by atoms with E-state index >= 15 is 0 Å². The van der Waals surface area contributed by atoms with Crippen LogP contribution in [-0.2, 0) is 13.0 Å². The molecule has 0 spiro atoms. The third-order valence-electron chi connectivity index (χ3n) is 1.72. The van der Waals surface area contributed by atoms with Crippen LogP contribution in [0, 0.1) is 0 Å². The predicted octanol–water partition coefficient (Wildman–Crippen LogP) is 3.15. The molecule has 0 aliphatic rings. The van der Waals surface area contributed by atoms with E-state index in [2.05, 4.69) is 24.4 Å². The van der Waals surface area contributed by atoms with Crippen molar-refractivity contribution in [2.75, 3.05) is 6.54 Å². The van der Waals surface area contributed by atoms with Gasteiger partial charge in [0.15, 0.2) is 0 Å². The van der Waals surface area contributed by atoms with Crippen molar-refractivity contribution in [3.8, 4) is 0 Å². The Bertz CT molecular complexity index is 268. The first-order valence-corrected chi connectivity index (χ1v) is 5.65. The van der Waals surface area contributed by atoms with Crippen LogP contribution in [0.3, 0.4) is 0 Å². The second kappa shape index (κ2) is 6.19. The molecule has 0 unspecified atom stereocenters. The average molecular weight is 216 g/mol. The molecule has 1 aromatic rings. The normalized spacial score (nSPS) is 11.2. The van der Waals surface area contributed by atoms with E-state index < -0.39 is 0 Å². The maximum atomic E-state index is 5.39. The van der Waals surface area contributed by atoms with E-state index in [1.54, 1.807) is 5.54 Å². The lowest BCUT2D eigenvalue weighted by Gasteiger charge is -1.96. The monoisotopic (exact) mass is 215 g/mol. The number of nitrogens with one attached hydrogen (secondary N) is 1. The maximum Gasteiger partial charge on any atom is 0.0302 e. The van der Waals surface area contributed by atoms with E-state index in [9.17, 15) is 0 Å². The molecule has 0 amide bonds. The van der Waals surface area contributed by atoms with Crippen LogP contribution < -0.4 is 5.32 Å². The number of aryl methyl sites for hydroxylation is 1. The Morgan fingerprint density at radius 2 is 2.23 bits per heavy atom. The molecule has 0 aliphatic heterocycles. The van der Waals surface area contributed by atoms with Crippen molar-refractivity contribution in [3.63, 3.8) is 0 Å². The van der Waals surface area contributed by atoms with Gasteiger partial charge >= 0.3 is 0 Å². The molecule has 0 saturated carbocycles. The summed E-state index contributed by atoms with van der Waals surface area (Å²) in [4.78, 5) is 2.84. The van der Waals surface area contributed by atoms with Crippen LogP contribution >= 0.6 is 22.9 Å². The minimum atomic E-state index is 0.836.